The fourth-order valence-electron chi connectivity index (χ4n) is 2.20. The molecule has 7 nitrogen and oxygen atoms in total. The Morgan fingerprint density at radius 3 is 2.22 bits per heavy atom. The van der Waals surface area contributed by atoms with Crippen LogP contribution in [0.4, 0.5) is 13.2 Å². The minimum Gasteiger partial charge on any atom is -0.466 e. The number of carbonyl (C=O) groups is 3. The molecule has 150 valence electrons. The molecule has 1 heterocycles. The van der Waals surface area contributed by atoms with Crippen LogP contribution in [0.2, 0.25) is 0 Å². The van der Waals surface area contributed by atoms with E-state index < -0.39 is 54.5 Å². The Labute approximate surface area is 153 Å². The van der Waals surface area contributed by atoms with Crippen LogP contribution in [0.3, 0.4) is 0 Å². The minimum atomic E-state index is -4.65. The van der Waals surface area contributed by atoms with E-state index in [0.717, 1.165) is 12.3 Å². The number of Topliss-reactive ketones (excluding diaryl/α,β-unsaturated/α-hetero) is 1. The largest absolute Gasteiger partial charge is 0.466 e. The second-order valence-corrected chi connectivity index (χ2v) is 5.49. The first kappa shape index (κ1) is 22.6. The van der Waals surface area contributed by atoms with Crippen LogP contribution in [0.5, 0.6) is 0 Å². The number of esters is 2. The van der Waals surface area contributed by atoms with E-state index in [4.69, 9.17) is 4.74 Å². The Hall–Kier alpha value is -2.49. The molecule has 1 N–H and O–H groups in total. The highest BCUT2D eigenvalue weighted by molar-refractivity contribution is 5.98. The van der Waals surface area contributed by atoms with Crippen molar-refractivity contribution in [3.8, 4) is 0 Å². The van der Waals surface area contributed by atoms with Gasteiger partial charge in [-0.15, -0.1) is 0 Å². The molecule has 0 saturated carbocycles. The number of alkyl halides is 3. The average molecular weight is 391 g/mol. The van der Waals surface area contributed by atoms with Crippen LogP contribution in [0.1, 0.15) is 42.7 Å². The predicted octanol–water partition coefficient (Wildman–Crippen LogP) is 2.17. The van der Waals surface area contributed by atoms with Crippen molar-refractivity contribution in [3.63, 3.8) is 0 Å². The number of pyridine rings is 1. The molecule has 1 rings (SSSR count). The maximum atomic E-state index is 12.5. The third kappa shape index (κ3) is 6.97. The molecule has 1 aromatic heterocycles. The van der Waals surface area contributed by atoms with Crippen LogP contribution in [0.15, 0.2) is 18.3 Å². The molecular weight excluding hydrogens is 371 g/mol. The molecule has 0 aliphatic carbocycles. The number of aliphatic hydroxyl groups excluding tert-OH is 1. The van der Waals surface area contributed by atoms with E-state index in [0.29, 0.717) is 6.07 Å². The van der Waals surface area contributed by atoms with Gasteiger partial charge in [-0.25, -0.2) is 0 Å². The Kier molecular flexibility index (Phi) is 8.35. The SMILES string of the molecule is CCOC(=O)CC(O)C(CC(=O)c1ccc(C(F)(F)F)nc1)C(=O)OCC. The van der Waals surface area contributed by atoms with Crippen molar-refractivity contribution in [3.05, 3.63) is 29.6 Å². The molecule has 0 aliphatic heterocycles. The number of rotatable bonds is 9. The number of nitrogens with zero attached hydrogens (tertiary/aromatic N) is 1. The van der Waals surface area contributed by atoms with Crippen molar-refractivity contribution in [2.75, 3.05) is 13.2 Å². The molecule has 0 bridgehead atoms. The van der Waals surface area contributed by atoms with Crippen molar-refractivity contribution < 1.29 is 42.1 Å². The average Bonchev–Trinajstić information content (AvgIpc) is 2.59. The van der Waals surface area contributed by atoms with Gasteiger partial charge < -0.3 is 14.6 Å². The molecule has 10 heteroatoms. The van der Waals surface area contributed by atoms with E-state index in [1.54, 1.807) is 6.92 Å². The first-order valence-corrected chi connectivity index (χ1v) is 8.16. The molecule has 0 radical (unpaired) electrons. The maximum Gasteiger partial charge on any atom is 0.433 e. The Bertz CT molecular complexity index is 660. The third-order valence-corrected chi connectivity index (χ3v) is 3.52. The van der Waals surface area contributed by atoms with Crippen LogP contribution in [0.25, 0.3) is 0 Å². The smallest absolute Gasteiger partial charge is 0.433 e. The van der Waals surface area contributed by atoms with Crippen LogP contribution in [-0.2, 0) is 25.2 Å². The summed E-state index contributed by atoms with van der Waals surface area (Å²) in [6.45, 7) is 3.14. The number of ketones is 1. The van der Waals surface area contributed by atoms with Crippen molar-refractivity contribution in [1.29, 1.82) is 0 Å². The Balaban J connectivity index is 2.92. The standard InChI is InChI=1S/C17H20F3NO6/c1-3-26-15(24)8-13(23)11(16(25)27-4-2)7-12(22)10-5-6-14(21-9-10)17(18,19)20/h5-6,9,11,13,23H,3-4,7-8H2,1-2H3. The Morgan fingerprint density at radius 1 is 1.11 bits per heavy atom. The highest BCUT2D eigenvalue weighted by atomic mass is 19.4. The van der Waals surface area contributed by atoms with Crippen LogP contribution in [0, 0.1) is 5.92 Å². The highest BCUT2D eigenvalue weighted by Gasteiger charge is 2.34. The van der Waals surface area contributed by atoms with E-state index >= 15 is 0 Å². The molecule has 0 fully saturated rings. The van der Waals surface area contributed by atoms with Gasteiger partial charge in [0.15, 0.2) is 5.78 Å². The number of carbonyl (C=O) groups excluding carboxylic acids is 3. The molecule has 0 saturated heterocycles. The summed E-state index contributed by atoms with van der Waals surface area (Å²) >= 11 is 0. The van der Waals surface area contributed by atoms with Crippen LogP contribution < -0.4 is 0 Å². The maximum absolute atomic E-state index is 12.5. The summed E-state index contributed by atoms with van der Waals surface area (Å²) in [7, 11) is 0. The Morgan fingerprint density at radius 2 is 1.74 bits per heavy atom. The summed E-state index contributed by atoms with van der Waals surface area (Å²) in [5, 5.41) is 10.1. The quantitative estimate of drug-likeness (QED) is 0.508. The topological polar surface area (TPSA) is 103 Å². The fraction of sp³-hybridized carbons (Fsp3) is 0.529. The van der Waals surface area contributed by atoms with E-state index in [1.807, 2.05) is 0 Å². The summed E-state index contributed by atoms with van der Waals surface area (Å²) in [6, 6.07) is 1.57. The van der Waals surface area contributed by atoms with Gasteiger partial charge in [0.1, 0.15) is 5.69 Å². The van der Waals surface area contributed by atoms with E-state index in [1.165, 1.54) is 6.92 Å². The lowest BCUT2D eigenvalue weighted by Gasteiger charge is -2.20. The second-order valence-electron chi connectivity index (χ2n) is 5.49. The lowest BCUT2D eigenvalue weighted by atomic mass is 9.92. The summed E-state index contributed by atoms with van der Waals surface area (Å²) in [6.07, 6.45) is -6.55. The number of ether oxygens (including phenoxy) is 2. The molecule has 0 amide bonds. The molecule has 1 aromatic rings. The van der Waals surface area contributed by atoms with Gasteiger partial charge in [-0.3, -0.25) is 19.4 Å². The minimum absolute atomic E-state index is 0.0164. The van der Waals surface area contributed by atoms with Gasteiger partial charge in [-0.2, -0.15) is 13.2 Å². The van der Waals surface area contributed by atoms with Crippen molar-refractivity contribution in [2.45, 2.75) is 39.0 Å². The second kappa shape index (κ2) is 10.0. The molecule has 0 aromatic carbocycles. The van der Waals surface area contributed by atoms with E-state index in [9.17, 15) is 32.7 Å². The summed E-state index contributed by atoms with van der Waals surface area (Å²) in [5.41, 5.74) is -1.33. The summed E-state index contributed by atoms with van der Waals surface area (Å²) < 4.78 is 47.1. The number of halogens is 3. The van der Waals surface area contributed by atoms with Crippen LogP contribution in [-0.4, -0.2) is 47.1 Å². The molecule has 2 atom stereocenters. The molecule has 27 heavy (non-hydrogen) atoms. The highest BCUT2D eigenvalue weighted by Crippen LogP contribution is 2.27. The first-order chi connectivity index (χ1) is 12.6. The molecule has 2 unspecified atom stereocenters. The van der Waals surface area contributed by atoms with Gasteiger partial charge in [0.25, 0.3) is 0 Å². The lowest BCUT2D eigenvalue weighted by molar-refractivity contribution is -0.155. The summed E-state index contributed by atoms with van der Waals surface area (Å²) in [4.78, 5) is 39.0. The van der Waals surface area contributed by atoms with Crippen molar-refractivity contribution in [2.24, 2.45) is 5.92 Å². The number of aromatic nitrogens is 1. The molecular formula is C17H20F3NO6. The van der Waals surface area contributed by atoms with Gasteiger partial charge in [0.2, 0.25) is 0 Å². The van der Waals surface area contributed by atoms with Gasteiger partial charge >= 0.3 is 18.1 Å². The molecule has 0 spiro atoms. The van der Waals surface area contributed by atoms with Gasteiger partial charge in [-0.05, 0) is 26.0 Å². The molecule has 0 aliphatic rings. The van der Waals surface area contributed by atoms with Gasteiger partial charge in [0.05, 0.1) is 31.7 Å². The monoisotopic (exact) mass is 391 g/mol. The first-order valence-electron chi connectivity index (χ1n) is 8.16. The number of hydrogen-bond donors (Lipinski definition) is 1. The van der Waals surface area contributed by atoms with Crippen LogP contribution >= 0.6 is 0 Å². The van der Waals surface area contributed by atoms with Crippen molar-refractivity contribution in [1.82, 2.24) is 4.98 Å². The van der Waals surface area contributed by atoms with Crippen molar-refractivity contribution >= 4 is 17.7 Å². The fourth-order valence-corrected chi connectivity index (χ4v) is 2.20. The zero-order valence-corrected chi connectivity index (χ0v) is 14.8. The van der Waals surface area contributed by atoms with E-state index in [-0.39, 0.29) is 18.8 Å². The predicted molar refractivity (Wildman–Crippen MR) is 85.6 cm³/mol. The summed E-state index contributed by atoms with van der Waals surface area (Å²) in [5.74, 6) is -3.76. The number of aliphatic hydroxyl groups is 1. The zero-order chi connectivity index (χ0) is 20.6. The normalized spacial score (nSPS) is 13.6. The van der Waals surface area contributed by atoms with Gasteiger partial charge in [-0.1, -0.05) is 0 Å². The van der Waals surface area contributed by atoms with Gasteiger partial charge in [0, 0.05) is 18.2 Å². The zero-order valence-electron chi connectivity index (χ0n) is 14.8. The number of hydrogen-bond acceptors (Lipinski definition) is 7. The lowest BCUT2D eigenvalue weighted by Crippen LogP contribution is -2.34. The van der Waals surface area contributed by atoms with E-state index in [2.05, 4.69) is 9.72 Å². The third-order valence-electron chi connectivity index (χ3n) is 3.52.